The van der Waals surface area contributed by atoms with Gasteiger partial charge in [-0.2, -0.15) is 0 Å². The number of esters is 1. The van der Waals surface area contributed by atoms with Crippen LogP contribution in [0.3, 0.4) is 0 Å². The first-order chi connectivity index (χ1) is 7.11. The molecule has 0 unspecified atom stereocenters. The Bertz CT molecular complexity index is 538. The topological polar surface area (TPSA) is 67.9 Å². The van der Waals surface area contributed by atoms with E-state index in [1.54, 1.807) is 0 Å². The molecule has 0 fully saturated rings. The van der Waals surface area contributed by atoms with Gasteiger partial charge in [-0.1, -0.05) is 23.2 Å². The van der Waals surface area contributed by atoms with Crippen molar-refractivity contribution in [1.82, 2.24) is 15.0 Å². The first kappa shape index (κ1) is 10.2. The van der Waals surface area contributed by atoms with Crippen LogP contribution in [0.2, 0.25) is 10.3 Å². The molecule has 7 heteroatoms. The van der Waals surface area contributed by atoms with E-state index in [0.717, 1.165) is 0 Å². The van der Waals surface area contributed by atoms with Crippen LogP contribution in [-0.4, -0.2) is 28.0 Å². The summed E-state index contributed by atoms with van der Waals surface area (Å²) >= 11 is 11.5. The molecular weight excluding hydrogens is 241 g/mol. The average molecular weight is 246 g/mol. The SMILES string of the molecule is COC(=O)c1nc2c(Cl)nc(Cl)cc2[nH]1. The van der Waals surface area contributed by atoms with Crippen LogP contribution in [0.15, 0.2) is 6.07 Å². The van der Waals surface area contributed by atoms with Crippen molar-refractivity contribution in [2.24, 2.45) is 0 Å². The van der Waals surface area contributed by atoms with Crippen LogP contribution in [0.4, 0.5) is 0 Å². The molecule has 0 aromatic carbocycles. The average Bonchev–Trinajstić information content (AvgIpc) is 2.60. The number of fused-ring (bicyclic) bond motifs is 1. The van der Waals surface area contributed by atoms with Gasteiger partial charge in [0.25, 0.3) is 0 Å². The minimum Gasteiger partial charge on any atom is -0.463 e. The first-order valence-electron chi connectivity index (χ1n) is 3.92. The Morgan fingerprint density at radius 2 is 2.20 bits per heavy atom. The van der Waals surface area contributed by atoms with Crippen LogP contribution < -0.4 is 0 Å². The van der Waals surface area contributed by atoms with Crippen LogP contribution in [0.5, 0.6) is 0 Å². The first-order valence-corrected chi connectivity index (χ1v) is 4.67. The zero-order chi connectivity index (χ0) is 11.0. The molecule has 15 heavy (non-hydrogen) atoms. The highest BCUT2D eigenvalue weighted by Crippen LogP contribution is 2.22. The van der Waals surface area contributed by atoms with Gasteiger partial charge in [0.05, 0.1) is 12.6 Å². The monoisotopic (exact) mass is 245 g/mol. The number of aromatic amines is 1. The summed E-state index contributed by atoms with van der Waals surface area (Å²) < 4.78 is 4.51. The number of pyridine rings is 1. The summed E-state index contributed by atoms with van der Waals surface area (Å²) in [5.74, 6) is -0.503. The summed E-state index contributed by atoms with van der Waals surface area (Å²) in [6, 6.07) is 1.53. The number of H-pyrrole nitrogens is 1. The fourth-order valence-corrected chi connectivity index (χ4v) is 1.61. The Balaban J connectivity index is 2.65. The zero-order valence-corrected chi connectivity index (χ0v) is 9.06. The van der Waals surface area contributed by atoms with E-state index in [-0.39, 0.29) is 16.1 Å². The zero-order valence-electron chi connectivity index (χ0n) is 7.54. The van der Waals surface area contributed by atoms with E-state index in [1.807, 2.05) is 0 Å². The predicted octanol–water partition coefficient (Wildman–Crippen LogP) is 2.05. The van der Waals surface area contributed by atoms with Crippen LogP contribution in [0.25, 0.3) is 11.0 Å². The van der Waals surface area contributed by atoms with Gasteiger partial charge in [0.1, 0.15) is 10.7 Å². The van der Waals surface area contributed by atoms with Gasteiger partial charge < -0.3 is 9.72 Å². The highest BCUT2D eigenvalue weighted by molar-refractivity contribution is 6.36. The van der Waals surface area contributed by atoms with Gasteiger partial charge in [0.2, 0.25) is 5.82 Å². The number of methoxy groups -OCH3 is 1. The molecule has 0 aliphatic heterocycles. The van der Waals surface area contributed by atoms with Gasteiger partial charge in [-0.05, 0) is 0 Å². The minimum absolute atomic E-state index is 0.0680. The van der Waals surface area contributed by atoms with Crippen molar-refractivity contribution in [3.05, 3.63) is 22.2 Å². The molecule has 0 radical (unpaired) electrons. The van der Waals surface area contributed by atoms with E-state index in [4.69, 9.17) is 23.2 Å². The molecule has 0 atom stereocenters. The van der Waals surface area contributed by atoms with Gasteiger partial charge >= 0.3 is 5.97 Å². The van der Waals surface area contributed by atoms with Gasteiger partial charge in [-0.3, -0.25) is 0 Å². The minimum atomic E-state index is -0.571. The molecule has 2 aromatic heterocycles. The molecule has 0 aliphatic carbocycles. The molecule has 0 spiro atoms. The van der Waals surface area contributed by atoms with Crippen LogP contribution in [0.1, 0.15) is 10.6 Å². The molecule has 0 bridgehead atoms. The summed E-state index contributed by atoms with van der Waals surface area (Å²) in [4.78, 5) is 21.6. The van der Waals surface area contributed by atoms with Crippen molar-refractivity contribution in [3.8, 4) is 0 Å². The predicted molar refractivity (Wildman–Crippen MR) is 55.2 cm³/mol. The third-order valence-corrected chi connectivity index (χ3v) is 2.23. The number of nitrogens with one attached hydrogen (secondary N) is 1. The number of halogens is 2. The lowest BCUT2D eigenvalue weighted by Crippen LogP contribution is -2.02. The van der Waals surface area contributed by atoms with Crippen molar-refractivity contribution in [3.63, 3.8) is 0 Å². The number of hydrogen-bond donors (Lipinski definition) is 1. The van der Waals surface area contributed by atoms with E-state index < -0.39 is 5.97 Å². The van der Waals surface area contributed by atoms with Crippen LogP contribution >= 0.6 is 23.2 Å². The molecule has 2 aromatic rings. The highest BCUT2D eigenvalue weighted by Gasteiger charge is 2.14. The number of hydrogen-bond acceptors (Lipinski definition) is 4. The second kappa shape index (κ2) is 3.67. The highest BCUT2D eigenvalue weighted by atomic mass is 35.5. The largest absolute Gasteiger partial charge is 0.463 e. The molecule has 78 valence electrons. The summed E-state index contributed by atoms with van der Waals surface area (Å²) in [6.07, 6.45) is 0. The number of rotatable bonds is 1. The quantitative estimate of drug-likeness (QED) is 0.617. The number of carbonyl (C=O) groups is 1. The Morgan fingerprint density at radius 1 is 1.47 bits per heavy atom. The molecule has 1 N–H and O–H groups in total. The number of nitrogens with zero attached hydrogens (tertiary/aromatic N) is 2. The Kier molecular flexibility index (Phi) is 2.50. The van der Waals surface area contributed by atoms with Crippen molar-refractivity contribution in [1.29, 1.82) is 0 Å². The Morgan fingerprint density at radius 3 is 2.87 bits per heavy atom. The second-order valence-corrected chi connectivity index (χ2v) is 3.45. The molecule has 5 nitrogen and oxygen atoms in total. The van der Waals surface area contributed by atoms with E-state index in [1.165, 1.54) is 13.2 Å². The van der Waals surface area contributed by atoms with Gasteiger partial charge in [-0.15, -0.1) is 0 Å². The fraction of sp³-hybridized carbons (Fsp3) is 0.125. The summed E-state index contributed by atoms with van der Waals surface area (Å²) in [6.45, 7) is 0. The fourth-order valence-electron chi connectivity index (χ4n) is 1.14. The van der Waals surface area contributed by atoms with E-state index >= 15 is 0 Å². The Hall–Kier alpha value is -1.33. The number of ether oxygens (including phenoxy) is 1. The van der Waals surface area contributed by atoms with Gasteiger partial charge in [-0.25, -0.2) is 14.8 Å². The van der Waals surface area contributed by atoms with E-state index in [9.17, 15) is 4.79 Å². The summed E-state index contributed by atoms with van der Waals surface area (Å²) in [7, 11) is 1.27. The Labute approximate surface area is 94.4 Å². The second-order valence-electron chi connectivity index (χ2n) is 2.71. The maximum absolute atomic E-state index is 11.2. The van der Waals surface area contributed by atoms with Crippen molar-refractivity contribution in [2.75, 3.05) is 7.11 Å². The number of aromatic nitrogens is 3. The van der Waals surface area contributed by atoms with Gasteiger partial charge in [0.15, 0.2) is 5.15 Å². The lowest BCUT2D eigenvalue weighted by Gasteiger charge is -1.91. The number of carbonyl (C=O) groups excluding carboxylic acids is 1. The number of imidazole rings is 1. The molecule has 0 amide bonds. The van der Waals surface area contributed by atoms with Crippen LogP contribution in [0, 0.1) is 0 Å². The molecule has 0 saturated carbocycles. The third-order valence-electron chi connectivity index (χ3n) is 1.77. The molecular formula is C8H5Cl2N3O2. The maximum atomic E-state index is 11.2. The normalized spacial score (nSPS) is 10.6. The molecule has 0 saturated heterocycles. The van der Waals surface area contributed by atoms with Crippen LogP contribution in [-0.2, 0) is 4.74 Å². The van der Waals surface area contributed by atoms with E-state index in [0.29, 0.717) is 11.0 Å². The summed E-state index contributed by atoms with van der Waals surface area (Å²) in [5.41, 5.74) is 0.932. The molecule has 2 heterocycles. The maximum Gasteiger partial charge on any atom is 0.374 e. The van der Waals surface area contributed by atoms with Crippen molar-refractivity contribution >= 4 is 40.2 Å². The standard InChI is InChI=1S/C8H5Cl2N3O2/c1-15-8(14)7-11-3-2-4(9)12-6(10)5(3)13-7/h2H,1H3,(H,11,13). The smallest absolute Gasteiger partial charge is 0.374 e. The van der Waals surface area contributed by atoms with Crippen molar-refractivity contribution < 1.29 is 9.53 Å². The van der Waals surface area contributed by atoms with E-state index in [2.05, 4.69) is 19.7 Å². The third kappa shape index (κ3) is 1.75. The van der Waals surface area contributed by atoms with Crippen molar-refractivity contribution in [2.45, 2.75) is 0 Å². The molecule has 0 aliphatic rings. The lowest BCUT2D eigenvalue weighted by molar-refractivity contribution is 0.0588. The molecule has 2 rings (SSSR count). The summed E-state index contributed by atoms with van der Waals surface area (Å²) in [5, 5.41) is 0.372. The van der Waals surface area contributed by atoms with Gasteiger partial charge in [0, 0.05) is 6.07 Å². The lowest BCUT2D eigenvalue weighted by atomic mass is 10.4.